The Kier molecular flexibility index (Phi) is 6.17. The number of nitrogens with zero attached hydrogens (tertiary/aromatic N) is 1. The first-order chi connectivity index (χ1) is 13.9. The van der Waals surface area contributed by atoms with Crippen LogP contribution in [0.15, 0.2) is 48.5 Å². The number of hydrogen-bond donors (Lipinski definition) is 2. The van der Waals surface area contributed by atoms with Gasteiger partial charge in [0.15, 0.2) is 0 Å². The maximum Gasteiger partial charge on any atom is 0.325 e. The summed E-state index contributed by atoms with van der Waals surface area (Å²) in [5.74, 6) is -1.40. The molecule has 0 radical (unpaired) electrons. The van der Waals surface area contributed by atoms with Crippen molar-refractivity contribution in [2.75, 3.05) is 13.1 Å². The lowest BCUT2D eigenvalue weighted by molar-refractivity contribution is -0.135. The zero-order chi connectivity index (χ0) is 21.0. The van der Waals surface area contributed by atoms with Crippen molar-refractivity contribution in [3.63, 3.8) is 0 Å². The summed E-state index contributed by atoms with van der Waals surface area (Å²) in [5.41, 5.74) is 0.186. The first kappa shape index (κ1) is 20.8. The van der Waals surface area contributed by atoms with Gasteiger partial charge in [-0.3, -0.25) is 14.5 Å². The van der Waals surface area contributed by atoms with Crippen molar-refractivity contribution in [1.82, 2.24) is 15.5 Å². The largest absolute Gasteiger partial charge is 0.354 e. The summed E-state index contributed by atoms with van der Waals surface area (Å²) in [4.78, 5) is 38.5. The van der Waals surface area contributed by atoms with Crippen LogP contribution in [0.25, 0.3) is 0 Å². The maximum absolute atomic E-state index is 13.2. The van der Waals surface area contributed by atoms with Crippen LogP contribution in [0.1, 0.15) is 24.5 Å². The van der Waals surface area contributed by atoms with Gasteiger partial charge in [-0.1, -0.05) is 42.8 Å². The number of rotatable bonds is 7. The quantitative estimate of drug-likeness (QED) is 0.680. The Labute approximate surface area is 173 Å². The first-order valence-electron chi connectivity index (χ1n) is 9.27. The number of carbonyl (C=O) groups is 3. The molecule has 0 aliphatic carbocycles. The lowest BCUT2D eigenvalue weighted by atomic mass is 9.87. The molecular formula is C21H21ClFN3O3. The van der Waals surface area contributed by atoms with Crippen LogP contribution in [0, 0.1) is 5.82 Å². The van der Waals surface area contributed by atoms with Gasteiger partial charge in [-0.05, 0) is 48.2 Å². The molecule has 1 fully saturated rings. The predicted octanol–water partition coefficient (Wildman–Crippen LogP) is 3.00. The van der Waals surface area contributed by atoms with Crippen LogP contribution in [0.3, 0.4) is 0 Å². The van der Waals surface area contributed by atoms with E-state index in [1.807, 2.05) is 12.1 Å². The van der Waals surface area contributed by atoms with Crippen molar-refractivity contribution in [2.24, 2.45) is 0 Å². The zero-order valence-corrected chi connectivity index (χ0v) is 16.6. The molecule has 2 aromatic carbocycles. The number of carbonyl (C=O) groups excluding carboxylic acids is 3. The molecule has 1 heterocycles. The van der Waals surface area contributed by atoms with Crippen molar-refractivity contribution in [3.05, 3.63) is 70.5 Å². The second-order valence-corrected chi connectivity index (χ2v) is 7.25. The Morgan fingerprint density at radius 1 is 1.14 bits per heavy atom. The monoisotopic (exact) mass is 417 g/mol. The molecule has 0 bridgehead atoms. The summed E-state index contributed by atoms with van der Waals surface area (Å²) < 4.78 is 13.2. The fourth-order valence-corrected chi connectivity index (χ4v) is 3.47. The smallest absolute Gasteiger partial charge is 0.325 e. The van der Waals surface area contributed by atoms with Crippen LogP contribution in [-0.4, -0.2) is 35.8 Å². The Bertz CT molecular complexity index is 918. The second kappa shape index (κ2) is 8.61. The van der Waals surface area contributed by atoms with Crippen molar-refractivity contribution >= 4 is 29.4 Å². The average molecular weight is 418 g/mol. The summed E-state index contributed by atoms with van der Waals surface area (Å²) in [7, 11) is 0. The van der Waals surface area contributed by atoms with Crippen LogP contribution in [-0.2, 0) is 21.5 Å². The van der Waals surface area contributed by atoms with Crippen LogP contribution >= 0.6 is 11.6 Å². The Morgan fingerprint density at radius 3 is 2.41 bits per heavy atom. The first-order valence-corrected chi connectivity index (χ1v) is 9.65. The molecule has 1 atom stereocenters. The maximum atomic E-state index is 13.2. The molecule has 0 unspecified atom stereocenters. The van der Waals surface area contributed by atoms with E-state index in [9.17, 15) is 18.8 Å². The summed E-state index contributed by atoms with van der Waals surface area (Å²) in [6.07, 6.45) is 0.870. The van der Waals surface area contributed by atoms with Gasteiger partial charge in [-0.25, -0.2) is 9.18 Å². The SMILES string of the molecule is CC[C@@]1(c2ccc(F)cc2)NC(=O)N(CC(=O)NCCc2ccc(Cl)cc2)C1=O. The highest BCUT2D eigenvalue weighted by molar-refractivity contribution is 6.30. The van der Waals surface area contributed by atoms with Crippen molar-refractivity contribution in [2.45, 2.75) is 25.3 Å². The highest BCUT2D eigenvalue weighted by Crippen LogP contribution is 2.32. The minimum Gasteiger partial charge on any atom is -0.354 e. The molecule has 0 aromatic heterocycles. The highest BCUT2D eigenvalue weighted by atomic mass is 35.5. The average Bonchev–Trinajstić information content (AvgIpc) is 2.95. The molecule has 1 aliphatic heterocycles. The molecule has 3 rings (SSSR count). The van der Waals surface area contributed by atoms with Crippen molar-refractivity contribution in [1.29, 1.82) is 0 Å². The van der Waals surface area contributed by atoms with E-state index in [1.165, 1.54) is 24.3 Å². The van der Waals surface area contributed by atoms with E-state index in [4.69, 9.17) is 11.6 Å². The standard InChI is InChI=1S/C21H21ClFN3O3/c1-2-21(15-5-9-17(23)10-6-15)19(28)26(20(29)25-21)13-18(27)24-12-11-14-3-7-16(22)8-4-14/h3-10H,2,11-13H2,1H3,(H,24,27)(H,25,29)/t21-/m0/s1. The molecule has 152 valence electrons. The van der Waals surface area contributed by atoms with Crippen LogP contribution < -0.4 is 10.6 Å². The number of urea groups is 1. The van der Waals surface area contributed by atoms with Gasteiger partial charge in [0.2, 0.25) is 5.91 Å². The molecule has 0 saturated carbocycles. The van der Waals surface area contributed by atoms with E-state index < -0.39 is 29.2 Å². The summed E-state index contributed by atoms with van der Waals surface area (Å²) in [6, 6.07) is 12.0. The van der Waals surface area contributed by atoms with Gasteiger partial charge in [0.05, 0.1) is 0 Å². The normalized spacial score (nSPS) is 18.7. The fourth-order valence-electron chi connectivity index (χ4n) is 3.34. The second-order valence-electron chi connectivity index (χ2n) is 6.81. The lowest BCUT2D eigenvalue weighted by Crippen LogP contribution is -2.45. The molecule has 29 heavy (non-hydrogen) atoms. The van der Waals surface area contributed by atoms with Gasteiger partial charge >= 0.3 is 6.03 Å². The van der Waals surface area contributed by atoms with E-state index >= 15 is 0 Å². The third kappa shape index (κ3) is 4.40. The van der Waals surface area contributed by atoms with E-state index in [-0.39, 0.29) is 13.0 Å². The van der Waals surface area contributed by atoms with Crippen LogP contribution in [0.2, 0.25) is 5.02 Å². The van der Waals surface area contributed by atoms with Gasteiger partial charge in [0.1, 0.15) is 17.9 Å². The number of amides is 4. The van der Waals surface area contributed by atoms with Gasteiger partial charge in [0, 0.05) is 11.6 Å². The third-order valence-corrected chi connectivity index (χ3v) is 5.25. The molecule has 1 aliphatic rings. The Hall–Kier alpha value is -2.93. The molecule has 0 spiro atoms. The van der Waals surface area contributed by atoms with Crippen LogP contribution in [0.5, 0.6) is 0 Å². The predicted molar refractivity (Wildman–Crippen MR) is 107 cm³/mol. The fraction of sp³-hybridized carbons (Fsp3) is 0.286. The van der Waals surface area contributed by atoms with Crippen LogP contribution in [0.4, 0.5) is 9.18 Å². The van der Waals surface area contributed by atoms with E-state index in [1.54, 1.807) is 19.1 Å². The molecule has 2 N–H and O–H groups in total. The Balaban J connectivity index is 1.62. The summed E-state index contributed by atoms with van der Waals surface area (Å²) >= 11 is 5.84. The van der Waals surface area contributed by atoms with E-state index in [2.05, 4.69) is 10.6 Å². The lowest BCUT2D eigenvalue weighted by Gasteiger charge is -2.25. The van der Waals surface area contributed by atoms with Gasteiger partial charge in [-0.2, -0.15) is 0 Å². The summed E-state index contributed by atoms with van der Waals surface area (Å²) in [5, 5.41) is 6.01. The number of benzene rings is 2. The minimum atomic E-state index is -1.30. The van der Waals surface area contributed by atoms with Gasteiger partial charge < -0.3 is 10.6 Å². The minimum absolute atomic E-state index is 0.276. The number of nitrogens with one attached hydrogen (secondary N) is 2. The third-order valence-electron chi connectivity index (χ3n) is 4.99. The van der Waals surface area contributed by atoms with Crippen molar-refractivity contribution < 1.29 is 18.8 Å². The highest BCUT2D eigenvalue weighted by Gasteiger charge is 2.51. The number of imide groups is 1. The van der Waals surface area contributed by atoms with E-state index in [0.29, 0.717) is 23.6 Å². The molecule has 6 nitrogen and oxygen atoms in total. The van der Waals surface area contributed by atoms with Crippen molar-refractivity contribution in [3.8, 4) is 0 Å². The molecular weight excluding hydrogens is 397 g/mol. The van der Waals surface area contributed by atoms with Gasteiger partial charge in [0.25, 0.3) is 5.91 Å². The topological polar surface area (TPSA) is 78.5 Å². The van der Waals surface area contributed by atoms with E-state index in [0.717, 1.165) is 10.5 Å². The van der Waals surface area contributed by atoms with Gasteiger partial charge in [-0.15, -0.1) is 0 Å². The molecule has 8 heteroatoms. The molecule has 4 amide bonds. The summed E-state index contributed by atoms with van der Waals surface area (Å²) in [6.45, 7) is 1.73. The molecule has 1 saturated heterocycles. The number of hydrogen-bond acceptors (Lipinski definition) is 3. The Morgan fingerprint density at radius 2 is 1.79 bits per heavy atom. The zero-order valence-electron chi connectivity index (χ0n) is 15.9. The number of halogens is 2. The molecule has 2 aromatic rings.